The Bertz CT molecular complexity index is 583. The van der Waals surface area contributed by atoms with Crippen molar-refractivity contribution in [3.63, 3.8) is 0 Å². The Morgan fingerprint density at radius 3 is 3.10 bits per heavy atom. The second-order valence-corrected chi connectivity index (χ2v) is 4.79. The maximum Gasteiger partial charge on any atom is 0.227 e. The van der Waals surface area contributed by atoms with Gasteiger partial charge in [-0.3, -0.25) is 4.79 Å². The van der Waals surface area contributed by atoms with Gasteiger partial charge < -0.3 is 14.4 Å². The fraction of sp³-hybridized carbons (Fsp3) is 0.462. The summed E-state index contributed by atoms with van der Waals surface area (Å²) < 4.78 is 11.2. The summed E-state index contributed by atoms with van der Waals surface area (Å²) in [4.78, 5) is 16.6. The van der Waals surface area contributed by atoms with E-state index in [1.165, 1.54) is 0 Å². The average Bonchev–Trinajstić information content (AvgIpc) is 2.85. The van der Waals surface area contributed by atoms with Crippen LogP contribution in [0.1, 0.15) is 6.42 Å². The van der Waals surface area contributed by atoms with Crippen LogP contribution < -0.4 is 14.4 Å². The Kier molecular flexibility index (Phi) is 3.35. The molecule has 3 rings (SSSR count). The molecule has 1 aromatic carbocycles. The minimum atomic E-state index is 0.0192. The minimum absolute atomic E-state index is 0.0192. The zero-order valence-electron chi connectivity index (χ0n) is 10.9. The number of ether oxygens (including phenoxy) is 2. The molecule has 1 fully saturated rings. The number of nitrogens with zero attached hydrogens (tertiary/aromatic N) is 4. The molecule has 0 aliphatic carbocycles. The van der Waals surface area contributed by atoms with Crippen LogP contribution in [0.2, 0.25) is 0 Å². The molecule has 2 heterocycles. The van der Waals surface area contributed by atoms with Gasteiger partial charge in [-0.2, -0.15) is 0 Å². The molecule has 20 heavy (non-hydrogen) atoms. The number of carbonyl (C=O) groups is 1. The number of para-hydroxylation sites is 1. The Balaban J connectivity index is 1.86. The highest BCUT2D eigenvalue weighted by molar-refractivity contribution is 5.97. The fourth-order valence-corrected chi connectivity index (χ4v) is 2.56. The molecule has 7 heteroatoms. The molecule has 1 aromatic rings. The van der Waals surface area contributed by atoms with Crippen molar-refractivity contribution in [3.05, 3.63) is 28.6 Å². The average molecular weight is 274 g/mol. The van der Waals surface area contributed by atoms with Gasteiger partial charge in [-0.05, 0) is 23.6 Å². The number of carbonyl (C=O) groups excluding carboxylic acids is 1. The van der Waals surface area contributed by atoms with Crippen LogP contribution in [0.3, 0.4) is 0 Å². The summed E-state index contributed by atoms with van der Waals surface area (Å²) in [5.74, 6) is 1.36. The molecule has 0 saturated carbocycles. The van der Waals surface area contributed by atoms with Gasteiger partial charge in [0.25, 0.3) is 0 Å². The topological polar surface area (TPSA) is 87.5 Å². The zero-order chi connectivity index (χ0) is 13.9. The van der Waals surface area contributed by atoms with Crippen LogP contribution in [-0.4, -0.2) is 32.2 Å². The minimum Gasteiger partial charge on any atom is -0.486 e. The molecule has 1 saturated heterocycles. The molecular formula is C13H14N4O3. The lowest BCUT2D eigenvalue weighted by atomic mass is 10.1. The van der Waals surface area contributed by atoms with Crippen LogP contribution in [-0.2, 0) is 4.79 Å². The molecule has 0 bridgehead atoms. The first kappa shape index (κ1) is 12.6. The van der Waals surface area contributed by atoms with Crippen LogP contribution in [0.15, 0.2) is 23.3 Å². The van der Waals surface area contributed by atoms with Gasteiger partial charge in [-0.25, -0.2) is 0 Å². The third kappa shape index (κ3) is 2.23. The van der Waals surface area contributed by atoms with E-state index in [4.69, 9.17) is 15.0 Å². The molecule has 1 unspecified atom stereocenters. The van der Waals surface area contributed by atoms with Gasteiger partial charge >= 0.3 is 0 Å². The largest absolute Gasteiger partial charge is 0.486 e. The van der Waals surface area contributed by atoms with E-state index < -0.39 is 0 Å². The van der Waals surface area contributed by atoms with E-state index in [-0.39, 0.29) is 11.8 Å². The zero-order valence-corrected chi connectivity index (χ0v) is 10.9. The van der Waals surface area contributed by atoms with Crippen molar-refractivity contribution < 1.29 is 14.3 Å². The number of hydrogen-bond acceptors (Lipinski definition) is 4. The van der Waals surface area contributed by atoms with E-state index in [0.717, 1.165) is 5.69 Å². The first-order chi connectivity index (χ1) is 9.79. The number of rotatable bonds is 3. The normalized spacial score (nSPS) is 20.7. The van der Waals surface area contributed by atoms with Gasteiger partial charge in [-0.15, -0.1) is 0 Å². The van der Waals surface area contributed by atoms with Gasteiger partial charge in [0, 0.05) is 24.4 Å². The van der Waals surface area contributed by atoms with Gasteiger partial charge in [0.1, 0.15) is 13.2 Å². The van der Waals surface area contributed by atoms with Crippen LogP contribution in [0.4, 0.5) is 5.69 Å². The molecular weight excluding hydrogens is 260 g/mol. The molecule has 1 amide bonds. The van der Waals surface area contributed by atoms with E-state index in [1.54, 1.807) is 4.90 Å². The summed E-state index contributed by atoms with van der Waals surface area (Å²) in [6, 6.07) is 5.52. The number of amides is 1. The van der Waals surface area contributed by atoms with E-state index >= 15 is 0 Å². The lowest BCUT2D eigenvalue weighted by Crippen LogP contribution is -2.27. The van der Waals surface area contributed by atoms with Gasteiger partial charge in [0.05, 0.1) is 5.69 Å². The second kappa shape index (κ2) is 5.30. The Morgan fingerprint density at radius 2 is 2.25 bits per heavy atom. The molecule has 104 valence electrons. The third-order valence-electron chi connectivity index (χ3n) is 3.44. The summed E-state index contributed by atoms with van der Waals surface area (Å²) in [5.41, 5.74) is 9.09. The van der Waals surface area contributed by atoms with Crippen LogP contribution in [0, 0.1) is 5.92 Å². The highest BCUT2D eigenvalue weighted by atomic mass is 16.6. The van der Waals surface area contributed by atoms with E-state index in [2.05, 4.69) is 10.0 Å². The van der Waals surface area contributed by atoms with Gasteiger partial charge in [-0.1, -0.05) is 11.2 Å². The highest BCUT2D eigenvalue weighted by Gasteiger charge is 2.33. The van der Waals surface area contributed by atoms with E-state index in [9.17, 15) is 4.79 Å². The third-order valence-corrected chi connectivity index (χ3v) is 3.44. The Labute approximate surface area is 115 Å². The van der Waals surface area contributed by atoms with E-state index in [0.29, 0.717) is 44.2 Å². The SMILES string of the molecule is [N-]=[N+]=NCC1CC(=O)N(c2cccc3c2OCCO3)C1. The predicted octanol–water partition coefficient (Wildman–Crippen LogP) is 2.12. The standard InChI is InChI=1S/C13H14N4O3/c14-16-15-7-9-6-12(18)17(8-9)10-2-1-3-11-13(10)20-5-4-19-11/h1-3,9H,4-8H2. The van der Waals surface area contributed by atoms with Crippen LogP contribution in [0.5, 0.6) is 11.5 Å². The Hall–Kier alpha value is -2.40. The smallest absolute Gasteiger partial charge is 0.227 e. The van der Waals surface area contributed by atoms with Crippen molar-refractivity contribution in [1.82, 2.24) is 0 Å². The van der Waals surface area contributed by atoms with Crippen molar-refractivity contribution in [2.45, 2.75) is 6.42 Å². The number of hydrogen-bond donors (Lipinski definition) is 0. The molecule has 1 atom stereocenters. The lowest BCUT2D eigenvalue weighted by Gasteiger charge is -2.25. The molecule has 0 N–H and O–H groups in total. The molecule has 0 spiro atoms. The van der Waals surface area contributed by atoms with Crippen molar-refractivity contribution in [2.75, 3.05) is 31.2 Å². The molecule has 2 aliphatic heterocycles. The van der Waals surface area contributed by atoms with Crippen molar-refractivity contribution in [3.8, 4) is 11.5 Å². The van der Waals surface area contributed by atoms with Crippen LogP contribution >= 0.6 is 0 Å². The van der Waals surface area contributed by atoms with Crippen molar-refractivity contribution >= 4 is 11.6 Å². The summed E-state index contributed by atoms with van der Waals surface area (Å²) in [6.07, 6.45) is 0.392. The maximum absolute atomic E-state index is 12.1. The predicted molar refractivity (Wildman–Crippen MR) is 71.9 cm³/mol. The summed E-state index contributed by atoms with van der Waals surface area (Å²) in [6.45, 7) is 1.88. The van der Waals surface area contributed by atoms with Crippen LogP contribution in [0.25, 0.3) is 10.4 Å². The Morgan fingerprint density at radius 1 is 1.40 bits per heavy atom. The first-order valence-electron chi connectivity index (χ1n) is 6.49. The summed E-state index contributed by atoms with van der Waals surface area (Å²) in [7, 11) is 0. The molecule has 0 radical (unpaired) electrons. The fourth-order valence-electron chi connectivity index (χ4n) is 2.56. The number of fused-ring (bicyclic) bond motifs is 1. The molecule has 2 aliphatic rings. The molecule has 0 aromatic heterocycles. The van der Waals surface area contributed by atoms with Gasteiger partial charge in [0.15, 0.2) is 11.5 Å². The maximum atomic E-state index is 12.1. The number of azide groups is 1. The molecule has 7 nitrogen and oxygen atoms in total. The summed E-state index contributed by atoms with van der Waals surface area (Å²) in [5, 5.41) is 3.55. The highest BCUT2D eigenvalue weighted by Crippen LogP contribution is 2.41. The number of anilines is 1. The summed E-state index contributed by atoms with van der Waals surface area (Å²) >= 11 is 0. The van der Waals surface area contributed by atoms with Crippen molar-refractivity contribution in [1.29, 1.82) is 0 Å². The lowest BCUT2D eigenvalue weighted by molar-refractivity contribution is -0.117. The van der Waals surface area contributed by atoms with Gasteiger partial charge in [0.2, 0.25) is 5.91 Å². The second-order valence-electron chi connectivity index (χ2n) is 4.79. The first-order valence-corrected chi connectivity index (χ1v) is 6.49. The van der Waals surface area contributed by atoms with Crippen molar-refractivity contribution in [2.24, 2.45) is 11.0 Å². The monoisotopic (exact) mass is 274 g/mol. The number of benzene rings is 1. The quantitative estimate of drug-likeness (QED) is 0.480. The van der Waals surface area contributed by atoms with E-state index in [1.807, 2.05) is 18.2 Å².